The van der Waals surface area contributed by atoms with Crippen LogP contribution < -0.4 is 15.2 Å². The topological polar surface area (TPSA) is 47.7 Å². The van der Waals surface area contributed by atoms with Gasteiger partial charge in [-0.3, -0.25) is 4.90 Å². The van der Waals surface area contributed by atoms with Gasteiger partial charge < -0.3 is 15.2 Å². The van der Waals surface area contributed by atoms with Crippen molar-refractivity contribution >= 4 is 0 Å². The Morgan fingerprint density at radius 2 is 1.95 bits per heavy atom. The Morgan fingerprint density at radius 3 is 2.58 bits per heavy atom. The largest absolute Gasteiger partial charge is 0.497 e. The number of likely N-dealkylation sites (tertiary alicyclic amines) is 1. The van der Waals surface area contributed by atoms with Gasteiger partial charge in [0.25, 0.3) is 0 Å². The van der Waals surface area contributed by atoms with Gasteiger partial charge in [-0.15, -0.1) is 0 Å². The third kappa shape index (κ3) is 2.30. The first-order valence-corrected chi connectivity index (χ1v) is 6.98. The summed E-state index contributed by atoms with van der Waals surface area (Å²) >= 11 is 0. The molecule has 1 heterocycles. The highest BCUT2D eigenvalue weighted by atomic mass is 16.5. The first kappa shape index (κ1) is 12.8. The van der Waals surface area contributed by atoms with Crippen LogP contribution in [0.5, 0.6) is 11.5 Å². The summed E-state index contributed by atoms with van der Waals surface area (Å²) in [6, 6.07) is 7.25. The molecular formula is C15H22N2O2. The summed E-state index contributed by atoms with van der Waals surface area (Å²) in [7, 11) is 3.38. The van der Waals surface area contributed by atoms with Gasteiger partial charge in [0.2, 0.25) is 0 Å². The second-order valence-electron chi connectivity index (χ2n) is 5.47. The van der Waals surface area contributed by atoms with Gasteiger partial charge >= 0.3 is 0 Å². The first-order valence-electron chi connectivity index (χ1n) is 6.98. The summed E-state index contributed by atoms with van der Waals surface area (Å²) in [5.74, 6) is 1.71. The Bertz CT molecular complexity index is 459. The first-order chi connectivity index (χ1) is 9.24. The fraction of sp³-hybridized carbons (Fsp3) is 0.600. The summed E-state index contributed by atoms with van der Waals surface area (Å²) in [6.07, 6.45) is 3.68. The summed E-state index contributed by atoms with van der Waals surface area (Å²) in [4.78, 5) is 2.55. The minimum absolute atomic E-state index is 0.197. The molecule has 4 nitrogen and oxygen atoms in total. The fourth-order valence-corrected chi connectivity index (χ4v) is 3.13. The Balaban J connectivity index is 1.94. The molecule has 1 saturated carbocycles. The molecule has 1 aliphatic heterocycles. The van der Waals surface area contributed by atoms with Crippen LogP contribution >= 0.6 is 0 Å². The number of ether oxygens (including phenoxy) is 2. The summed E-state index contributed by atoms with van der Waals surface area (Å²) < 4.78 is 10.8. The molecule has 2 fully saturated rings. The van der Waals surface area contributed by atoms with Crippen LogP contribution in [0.25, 0.3) is 0 Å². The maximum absolute atomic E-state index is 6.33. The van der Waals surface area contributed by atoms with E-state index in [4.69, 9.17) is 15.2 Å². The van der Waals surface area contributed by atoms with Gasteiger partial charge in [0.05, 0.1) is 20.3 Å². The van der Waals surface area contributed by atoms with Crippen molar-refractivity contribution in [3.63, 3.8) is 0 Å². The molecule has 0 aromatic heterocycles. The lowest BCUT2D eigenvalue weighted by Crippen LogP contribution is -2.33. The van der Waals surface area contributed by atoms with E-state index in [1.165, 1.54) is 18.4 Å². The third-order valence-electron chi connectivity index (χ3n) is 4.26. The second kappa shape index (κ2) is 5.02. The molecule has 0 amide bonds. The van der Waals surface area contributed by atoms with E-state index in [9.17, 15) is 0 Å². The number of benzene rings is 1. The lowest BCUT2D eigenvalue weighted by molar-refractivity contribution is 0.232. The Hall–Kier alpha value is -1.26. The van der Waals surface area contributed by atoms with Gasteiger partial charge in [-0.2, -0.15) is 0 Å². The zero-order chi connectivity index (χ0) is 13.4. The van der Waals surface area contributed by atoms with Gasteiger partial charge in [0.15, 0.2) is 0 Å². The number of rotatable bonds is 4. The van der Waals surface area contributed by atoms with E-state index in [2.05, 4.69) is 11.0 Å². The molecule has 104 valence electrons. The fourth-order valence-electron chi connectivity index (χ4n) is 3.13. The van der Waals surface area contributed by atoms with Gasteiger partial charge in [-0.25, -0.2) is 0 Å². The standard InChI is InChI=1S/C15H22N2O2/c1-18-11-5-6-12(14(9-11)19-2)15-13(16)7-8-17(15)10-3-4-10/h5-6,9-10,13,15H,3-4,7-8,16H2,1-2H3. The predicted molar refractivity (Wildman–Crippen MR) is 74.6 cm³/mol. The van der Waals surface area contributed by atoms with Crippen molar-refractivity contribution in [3.05, 3.63) is 23.8 Å². The van der Waals surface area contributed by atoms with Crippen LogP contribution in [0.1, 0.15) is 30.9 Å². The van der Waals surface area contributed by atoms with Gasteiger partial charge in [0, 0.05) is 30.3 Å². The number of hydrogen-bond acceptors (Lipinski definition) is 4. The highest BCUT2D eigenvalue weighted by Crippen LogP contribution is 2.43. The Morgan fingerprint density at radius 1 is 1.16 bits per heavy atom. The van der Waals surface area contributed by atoms with Crippen molar-refractivity contribution in [1.29, 1.82) is 0 Å². The molecule has 19 heavy (non-hydrogen) atoms. The van der Waals surface area contributed by atoms with Crippen LogP contribution in [0, 0.1) is 0 Å². The third-order valence-corrected chi connectivity index (χ3v) is 4.26. The number of nitrogens with zero attached hydrogens (tertiary/aromatic N) is 1. The van der Waals surface area contributed by atoms with Crippen LogP contribution in [-0.2, 0) is 0 Å². The number of methoxy groups -OCH3 is 2. The lowest BCUT2D eigenvalue weighted by atomic mass is 9.99. The van der Waals surface area contributed by atoms with E-state index in [1.54, 1.807) is 14.2 Å². The number of hydrogen-bond donors (Lipinski definition) is 1. The van der Waals surface area contributed by atoms with E-state index in [0.29, 0.717) is 0 Å². The number of nitrogens with two attached hydrogens (primary N) is 1. The minimum atomic E-state index is 0.197. The zero-order valence-electron chi connectivity index (χ0n) is 11.6. The summed E-state index contributed by atoms with van der Waals surface area (Å²) in [5, 5.41) is 0. The van der Waals surface area contributed by atoms with E-state index in [0.717, 1.165) is 30.5 Å². The van der Waals surface area contributed by atoms with Crippen molar-refractivity contribution in [2.45, 2.75) is 37.4 Å². The summed E-state index contributed by atoms with van der Waals surface area (Å²) in [6.45, 7) is 1.10. The second-order valence-corrected chi connectivity index (χ2v) is 5.47. The molecule has 2 atom stereocenters. The molecule has 0 radical (unpaired) electrons. The van der Waals surface area contributed by atoms with E-state index >= 15 is 0 Å². The van der Waals surface area contributed by atoms with Gasteiger partial charge in [-0.05, 0) is 25.3 Å². The van der Waals surface area contributed by atoms with Crippen molar-refractivity contribution < 1.29 is 9.47 Å². The maximum Gasteiger partial charge on any atom is 0.127 e. The molecule has 2 N–H and O–H groups in total. The van der Waals surface area contributed by atoms with Crippen LogP contribution in [0.2, 0.25) is 0 Å². The molecule has 0 bridgehead atoms. The highest BCUT2D eigenvalue weighted by Gasteiger charge is 2.42. The van der Waals surface area contributed by atoms with Crippen LogP contribution in [0.4, 0.5) is 0 Å². The maximum atomic E-state index is 6.33. The van der Waals surface area contributed by atoms with Crippen LogP contribution in [-0.4, -0.2) is 37.7 Å². The summed E-state index contributed by atoms with van der Waals surface area (Å²) in [5.41, 5.74) is 7.53. The molecule has 1 aromatic carbocycles. The molecular weight excluding hydrogens is 240 g/mol. The van der Waals surface area contributed by atoms with Crippen molar-refractivity contribution in [3.8, 4) is 11.5 Å². The SMILES string of the molecule is COc1ccc(C2C(N)CCN2C2CC2)c(OC)c1. The van der Waals surface area contributed by atoms with E-state index < -0.39 is 0 Å². The molecule has 3 rings (SSSR count). The molecule has 4 heteroatoms. The minimum Gasteiger partial charge on any atom is -0.497 e. The monoisotopic (exact) mass is 262 g/mol. The van der Waals surface area contributed by atoms with Crippen LogP contribution in [0.15, 0.2) is 18.2 Å². The molecule has 2 unspecified atom stereocenters. The van der Waals surface area contributed by atoms with Crippen LogP contribution in [0.3, 0.4) is 0 Å². The average Bonchev–Trinajstić information content (AvgIpc) is 3.21. The molecule has 1 saturated heterocycles. The Kier molecular flexibility index (Phi) is 3.37. The van der Waals surface area contributed by atoms with Crippen molar-refractivity contribution in [1.82, 2.24) is 4.90 Å². The van der Waals surface area contributed by atoms with Crippen molar-refractivity contribution in [2.24, 2.45) is 5.73 Å². The smallest absolute Gasteiger partial charge is 0.127 e. The average molecular weight is 262 g/mol. The van der Waals surface area contributed by atoms with Gasteiger partial charge in [-0.1, -0.05) is 6.07 Å². The lowest BCUT2D eigenvalue weighted by Gasteiger charge is -2.28. The normalized spacial score (nSPS) is 27.5. The van der Waals surface area contributed by atoms with Gasteiger partial charge in [0.1, 0.15) is 11.5 Å². The van der Waals surface area contributed by atoms with E-state index in [-0.39, 0.29) is 12.1 Å². The van der Waals surface area contributed by atoms with Crippen molar-refractivity contribution in [2.75, 3.05) is 20.8 Å². The zero-order valence-corrected chi connectivity index (χ0v) is 11.6. The molecule has 1 aromatic rings. The molecule has 0 spiro atoms. The Labute approximate surface area is 114 Å². The molecule has 1 aliphatic carbocycles. The highest BCUT2D eigenvalue weighted by molar-refractivity contribution is 5.43. The van der Waals surface area contributed by atoms with E-state index in [1.807, 2.05) is 12.1 Å². The quantitative estimate of drug-likeness (QED) is 0.901. The predicted octanol–water partition coefficient (Wildman–Crippen LogP) is 1.94. The molecule has 2 aliphatic rings.